The Kier molecular flexibility index (Phi) is 4.67. The molecule has 0 radical (unpaired) electrons. The Balaban J connectivity index is 1.67. The Hall–Kier alpha value is -3.60. The van der Waals surface area contributed by atoms with Gasteiger partial charge in [-0.2, -0.15) is 9.97 Å². The number of thiophene rings is 1. The third-order valence-electron chi connectivity index (χ3n) is 5.47. The third kappa shape index (κ3) is 3.34. The van der Waals surface area contributed by atoms with E-state index in [4.69, 9.17) is 16.6 Å². The lowest BCUT2D eigenvalue weighted by atomic mass is 9.98. The van der Waals surface area contributed by atoms with Crippen molar-refractivity contribution >= 4 is 43.1 Å². The number of aromatic nitrogens is 3. The minimum atomic E-state index is 0.187. The van der Waals surface area contributed by atoms with Crippen LogP contribution in [0.15, 0.2) is 97.1 Å². The smallest absolute Gasteiger partial charge is 0.208 e. The zero-order valence-electron chi connectivity index (χ0n) is 16.9. The van der Waals surface area contributed by atoms with Gasteiger partial charge in [0.2, 0.25) is 5.28 Å². The molecule has 0 spiro atoms. The summed E-state index contributed by atoms with van der Waals surface area (Å²) >= 11 is 8.17. The van der Waals surface area contributed by atoms with Crippen molar-refractivity contribution in [2.45, 2.75) is 0 Å². The Morgan fingerprint density at radius 1 is 0.562 bits per heavy atom. The number of rotatable bonds is 3. The van der Waals surface area contributed by atoms with Crippen molar-refractivity contribution in [3.8, 4) is 33.9 Å². The molecule has 2 heterocycles. The molecule has 5 heteroatoms. The van der Waals surface area contributed by atoms with Crippen LogP contribution in [0.4, 0.5) is 0 Å². The highest BCUT2D eigenvalue weighted by Crippen LogP contribution is 2.42. The average Bonchev–Trinajstić information content (AvgIpc) is 3.23. The second-order valence-corrected chi connectivity index (χ2v) is 8.90. The highest BCUT2D eigenvalue weighted by molar-refractivity contribution is 7.26. The Bertz CT molecular complexity index is 1580. The van der Waals surface area contributed by atoms with E-state index in [-0.39, 0.29) is 5.28 Å². The largest absolute Gasteiger partial charge is 0.226 e. The van der Waals surface area contributed by atoms with Gasteiger partial charge in [0.05, 0.1) is 0 Å². The molecule has 0 unspecified atom stereocenters. The average molecular weight is 450 g/mol. The van der Waals surface area contributed by atoms with Gasteiger partial charge in [-0.3, -0.25) is 0 Å². The zero-order chi connectivity index (χ0) is 21.5. The number of nitrogens with zero attached hydrogens (tertiary/aromatic N) is 3. The first-order valence-corrected chi connectivity index (χ1v) is 11.4. The van der Waals surface area contributed by atoms with Crippen molar-refractivity contribution in [3.63, 3.8) is 0 Å². The topological polar surface area (TPSA) is 38.7 Å². The predicted octanol–water partition coefficient (Wildman–Crippen LogP) is 7.89. The lowest BCUT2D eigenvalue weighted by Gasteiger charge is -2.10. The molecule has 6 rings (SSSR count). The summed E-state index contributed by atoms with van der Waals surface area (Å²) in [5.74, 6) is 1.15. The second kappa shape index (κ2) is 7.83. The summed E-state index contributed by atoms with van der Waals surface area (Å²) in [6.07, 6.45) is 0. The SMILES string of the molecule is Clc1nc(-c2ccccc2)nc(-c2cc(-c3ccccc3)cc3sc4ccccc4c23)n1. The minimum Gasteiger partial charge on any atom is -0.208 e. The summed E-state index contributed by atoms with van der Waals surface area (Å²) in [5, 5.41) is 2.53. The molecule has 0 atom stereocenters. The lowest BCUT2D eigenvalue weighted by Crippen LogP contribution is -1.98. The lowest BCUT2D eigenvalue weighted by molar-refractivity contribution is 1.07. The van der Waals surface area contributed by atoms with Gasteiger partial charge in [-0.05, 0) is 40.9 Å². The molecule has 0 amide bonds. The second-order valence-electron chi connectivity index (χ2n) is 7.48. The molecule has 0 aliphatic carbocycles. The van der Waals surface area contributed by atoms with Gasteiger partial charge in [-0.25, -0.2) is 4.98 Å². The fourth-order valence-corrected chi connectivity index (χ4v) is 5.35. The normalized spacial score (nSPS) is 11.3. The van der Waals surface area contributed by atoms with Gasteiger partial charge in [0.1, 0.15) is 0 Å². The fraction of sp³-hybridized carbons (Fsp3) is 0. The molecule has 0 N–H and O–H groups in total. The van der Waals surface area contributed by atoms with E-state index in [2.05, 4.69) is 70.6 Å². The number of halogens is 1. The first kappa shape index (κ1) is 19.1. The molecule has 3 nitrogen and oxygen atoms in total. The maximum absolute atomic E-state index is 6.39. The number of fused-ring (bicyclic) bond motifs is 3. The van der Waals surface area contributed by atoms with Crippen molar-refractivity contribution in [2.75, 3.05) is 0 Å². The summed E-state index contributed by atoms with van der Waals surface area (Å²) in [6, 6.07) is 33.1. The fourth-order valence-electron chi connectivity index (χ4n) is 4.01. The van der Waals surface area contributed by atoms with Gasteiger partial charge in [-0.15, -0.1) is 11.3 Å². The quantitative estimate of drug-likeness (QED) is 0.275. The van der Waals surface area contributed by atoms with E-state index in [1.807, 2.05) is 36.4 Å². The molecule has 0 saturated heterocycles. The first-order chi connectivity index (χ1) is 15.8. The van der Waals surface area contributed by atoms with Gasteiger partial charge in [-0.1, -0.05) is 78.9 Å². The maximum Gasteiger partial charge on any atom is 0.226 e. The molecular formula is C27H16ClN3S. The van der Waals surface area contributed by atoms with Gasteiger partial charge < -0.3 is 0 Å². The summed E-state index contributed by atoms with van der Waals surface area (Å²) < 4.78 is 2.43. The van der Waals surface area contributed by atoms with Gasteiger partial charge in [0.15, 0.2) is 11.6 Å². The van der Waals surface area contributed by atoms with E-state index in [9.17, 15) is 0 Å². The standard InChI is InChI=1S/C27H16ClN3S/c28-27-30-25(18-11-5-2-6-12-18)29-26(31-27)21-15-19(17-9-3-1-4-10-17)16-23-24(21)20-13-7-8-14-22(20)32-23/h1-16H. The van der Waals surface area contributed by atoms with Crippen LogP contribution < -0.4 is 0 Å². The predicted molar refractivity (Wildman–Crippen MR) is 134 cm³/mol. The third-order valence-corrected chi connectivity index (χ3v) is 6.75. The molecule has 0 aliphatic heterocycles. The van der Waals surface area contributed by atoms with Crippen molar-refractivity contribution < 1.29 is 0 Å². The summed E-state index contributed by atoms with van der Waals surface area (Å²) in [4.78, 5) is 13.8. The Morgan fingerprint density at radius 2 is 1.22 bits per heavy atom. The molecule has 4 aromatic carbocycles. The summed E-state index contributed by atoms with van der Waals surface area (Å²) in [5.41, 5.74) is 4.14. The number of hydrogen-bond acceptors (Lipinski definition) is 4. The molecular weight excluding hydrogens is 434 g/mol. The van der Waals surface area contributed by atoms with E-state index < -0.39 is 0 Å². The zero-order valence-corrected chi connectivity index (χ0v) is 18.4. The number of hydrogen-bond donors (Lipinski definition) is 0. The Morgan fingerprint density at radius 3 is 2.00 bits per heavy atom. The van der Waals surface area contributed by atoms with E-state index in [1.54, 1.807) is 11.3 Å². The maximum atomic E-state index is 6.39. The molecule has 32 heavy (non-hydrogen) atoms. The highest BCUT2D eigenvalue weighted by Gasteiger charge is 2.17. The Labute approximate surface area is 194 Å². The number of benzene rings is 4. The van der Waals surface area contributed by atoms with Crippen LogP contribution in [0.3, 0.4) is 0 Å². The van der Waals surface area contributed by atoms with Crippen molar-refractivity contribution in [3.05, 3.63) is 102 Å². The molecule has 0 saturated carbocycles. The monoisotopic (exact) mass is 449 g/mol. The van der Waals surface area contributed by atoms with Crippen LogP contribution in [0.25, 0.3) is 54.1 Å². The first-order valence-electron chi connectivity index (χ1n) is 10.2. The van der Waals surface area contributed by atoms with Crippen LogP contribution in [0.5, 0.6) is 0 Å². The van der Waals surface area contributed by atoms with E-state index >= 15 is 0 Å². The molecule has 2 aromatic heterocycles. The summed E-state index contributed by atoms with van der Waals surface area (Å²) in [7, 11) is 0. The van der Waals surface area contributed by atoms with Crippen LogP contribution in [0.1, 0.15) is 0 Å². The summed E-state index contributed by atoms with van der Waals surface area (Å²) in [6.45, 7) is 0. The molecule has 0 aliphatic rings. The molecule has 0 bridgehead atoms. The molecule has 152 valence electrons. The minimum absolute atomic E-state index is 0.187. The van der Waals surface area contributed by atoms with Crippen LogP contribution in [0, 0.1) is 0 Å². The van der Waals surface area contributed by atoms with Crippen LogP contribution in [-0.4, -0.2) is 15.0 Å². The van der Waals surface area contributed by atoms with E-state index in [1.165, 1.54) is 14.8 Å². The van der Waals surface area contributed by atoms with Crippen LogP contribution in [0.2, 0.25) is 5.28 Å². The van der Waals surface area contributed by atoms with Crippen LogP contribution >= 0.6 is 22.9 Å². The van der Waals surface area contributed by atoms with Crippen molar-refractivity contribution in [1.82, 2.24) is 15.0 Å². The van der Waals surface area contributed by atoms with Gasteiger partial charge in [0.25, 0.3) is 0 Å². The van der Waals surface area contributed by atoms with Gasteiger partial charge in [0, 0.05) is 31.3 Å². The van der Waals surface area contributed by atoms with Crippen molar-refractivity contribution in [1.29, 1.82) is 0 Å². The molecule has 0 fully saturated rings. The van der Waals surface area contributed by atoms with Gasteiger partial charge >= 0.3 is 0 Å². The molecule has 6 aromatic rings. The van der Waals surface area contributed by atoms with Crippen LogP contribution in [-0.2, 0) is 0 Å². The van der Waals surface area contributed by atoms with E-state index in [0.29, 0.717) is 11.6 Å². The van der Waals surface area contributed by atoms with E-state index in [0.717, 1.165) is 27.6 Å². The highest BCUT2D eigenvalue weighted by atomic mass is 35.5. The van der Waals surface area contributed by atoms with Crippen molar-refractivity contribution in [2.24, 2.45) is 0 Å².